The molecule has 302 valence electrons. The first-order valence-corrected chi connectivity index (χ1v) is 22.5. The number of hydrogen-bond donors (Lipinski definition) is 6. The molecule has 0 radical (unpaired) electrons. The van der Waals surface area contributed by atoms with Crippen LogP contribution in [0.5, 0.6) is 5.75 Å². The lowest BCUT2D eigenvalue weighted by atomic mass is 10.0. The number of hydrazine groups is 1. The van der Waals surface area contributed by atoms with Gasteiger partial charge in [0, 0.05) is 13.6 Å². The molecule has 0 aliphatic carbocycles. The number of nitrogens with zero attached hydrogens (tertiary/aromatic N) is 1. The van der Waals surface area contributed by atoms with Crippen LogP contribution in [0.25, 0.3) is 0 Å². The second-order valence-corrected chi connectivity index (χ2v) is 22.1. The maximum Gasteiger partial charge on any atom is 0.407 e. The van der Waals surface area contributed by atoms with Crippen LogP contribution in [-0.2, 0) is 42.3 Å². The number of likely N-dealkylation sites (N-methyl/N-ethyl adjacent to an activating group) is 1. The van der Waals surface area contributed by atoms with E-state index in [-0.39, 0.29) is 31.0 Å². The maximum atomic E-state index is 14.1. The maximum absolute atomic E-state index is 14.1. The summed E-state index contributed by atoms with van der Waals surface area (Å²) in [4.78, 5) is 51.5. The quantitative estimate of drug-likeness (QED) is 0.0697. The second kappa shape index (κ2) is 20.0. The van der Waals surface area contributed by atoms with E-state index in [1.54, 1.807) is 75.4 Å². The summed E-state index contributed by atoms with van der Waals surface area (Å²) < 4.78 is 42.9. The Bertz CT molecular complexity index is 1640. The van der Waals surface area contributed by atoms with Crippen LogP contribution in [0.3, 0.4) is 0 Å². The van der Waals surface area contributed by atoms with Gasteiger partial charge in [0.05, 0.1) is 12.6 Å². The van der Waals surface area contributed by atoms with Gasteiger partial charge in [-0.2, -0.15) is 13.1 Å². The number of carbonyl (C=O) groups excluding carboxylic acids is 4. The van der Waals surface area contributed by atoms with Gasteiger partial charge in [0.15, 0.2) is 0 Å². The van der Waals surface area contributed by atoms with Gasteiger partial charge >= 0.3 is 6.09 Å². The van der Waals surface area contributed by atoms with Gasteiger partial charge in [-0.25, -0.2) is 4.79 Å². The smallest absolute Gasteiger partial charge is 0.407 e. The molecule has 0 saturated heterocycles. The summed E-state index contributed by atoms with van der Waals surface area (Å²) in [6.07, 6.45) is 0.507. The third-order valence-electron chi connectivity index (χ3n) is 8.72. The Labute approximate surface area is 322 Å². The third kappa shape index (κ3) is 15.7. The van der Waals surface area contributed by atoms with E-state index in [4.69, 9.17) is 14.9 Å². The summed E-state index contributed by atoms with van der Waals surface area (Å²) in [6.45, 7) is 17.3. The molecule has 0 aliphatic heterocycles. The zero-order valence-corrected chi connectivity index (χ0v) is 35.2. The van der Waals surface area contributed by atoms with Crippen molar-refractivity contribution in [2.45, 2.75) is 123 Å². The van der Waals surface area contributed by atoms with Gasteiger partial charge in [-0.05, 0) is 94.8 Å². The van der Waals surface area contributed by atoms with E-state index in [2.05, 4.69) is 60.0 Å². The minimum Gasteiger partial charge on any atom is -0.544 e. The fraction of sp³-hybridized carbons (Fsp3) is 0.568. The lowest BCUT2D eigenvalue weighted by Gasteiger charge is -2.36. The van der Waals surface area contributed by atoms with E-state index < -0.39 is 66.1 Å². The van der Waals surface area contributed by atoms with Gasteiger partial charge in [0.1, 0.15) is 23.4 Å². The SMILES string of the molecule is CNC(=O)[C@H](CCCCNC(=O)OC(C)(C)C)NC(=O)[C@@H](Cc1ccccc1)NS(=O)(=O)N(Cc1ccc(O[Si](C)(C)C(C)(C)C)cc1)NC(=O)[C@H](C)N. The van der Waals surface area contributed by atoms with Crippen molar-refractivity contribution in [3.8, 4) is 5.75 Å². The molecular formula is C37H61N7O8SSi. The van der Waals surface area contributed by atoms with Crippen molar-refractivity contribution in [1.82, 2.24) is 30.5 Å². The van der Waals surface area contributed by atoms with Crippen LogP contribution in [0.1, 0.15) is 78.9 Å². The van der Waals surface area contributed by atoms with Crippen LogP contribution in [0, 0.1) is 0 Å². The monoisotopic (exact) mass is 791 g/mol. The van der Waals surface area contributed by atoms with Gasteiger partial charge < -0.3 is 30.8 Å². The number of rotatable bonds is 19. The second-order valence-electron chi connectivity index (χ2n) is 15.7. The normalized spacial score (nSPS) is 14.0. The van der Waals surface area contributed by atoms with E-state index in [9.17, 15) is 27.6 Å². The molecule has 0 saturated carbocycles. The molecule has 2 aromatic rings. The summed E-state index contributed by atoms with van der Waals surface area (Å²) in [5.74, 6) is -1.35. The van der Waals surface area contributed by atoms with E-state index >= 15 is 0 Å². The van der Waals surface area contributed by atoms with Crippen LogP contribution in [0.2, 0.25) is 18.1 Å². The number of nitrogens with two attached hydrogens (primary N) is 1. The topological polar surface area (TPSA) is 210 Å². The molecule has 0 aromatic heterocycles. The molecular weight excluding hydrogens is 731 g/mol. The van der Waals surface area contributed by atoms with Crippen LogP contribution in [0.15, 0.2) is 54.6 Å². The van der Waals surface area contributed by atoms with Gasteiger partial charge in [-0.15, -0.1) is 0 Å². The fourth-order valence-corrected chi connectivity index (χ4v) is 6.90. The molecule has 0 bridgehead atoms. The highest BCUT2D eigenvalue weighted by molar-refractivity contribution is 7.87. The van der Waals surface area contributed by atoms with Crippen molar-refractivity contribution >= 4 is 42.3 Å². The molecule has 3 atom stereocenters. The number of benzene rings is 2. The number of alkyl carbamates (subject to hydrolysis) is 1. The minimum absolute atomic E-state index is 0.0327. The average molecular weight is 792 g/mol. The molecule has 0 fully saturated rings. The van der Waals surface area contributed by atoms with Crippen molar-refractivity contribution in [3.05, 3.63) is 65.7 Å². The van der Waals surface area contributed by atoms with Crippen LogP contribution in [-0.4, -0.2) is 82.3 Å². The Morgan fingerprint density at radius 2 is 1.46 bits per heavy atom. The third-order valence-corrected chi connectivity index (χ3v) is 14.5. The highest BCUT2D eigenvalue weighted by atomic mass is 32.2. The number of ether oxygens (including phenoxy) is 1. The van der Waals surface area contributed by atoms with Gasteiger partial charge in [-0.1, -0.05) is 67.6 Å². The zero-order chi connectivity index (χ0) is 40.9. The molecule has 54 heavy (non-hydrogen) atoms. The summed E-state index contributed by atoms with van der Waals surface area (Å²) >= 11 is 0. The highest BCUT2D eigenvalue weighted by Gasteiger charge is 2.39. The standard InChI is InChI=1S/C37H61N7O8SSi/c1-26(38)32(45)42-44(25-28-19-21-29(22-20-28)52-54(9,10)37(5,6)7)53(49,50)43-31(24-27-16-12-11-13-17-27)34(47)41-30(33(46)39-8)18-14-15-23-40-35(48)51-36(2,3)4/h11-13,16-17,19-22,26,30-31,43H,14-15,18,23-25,38H2,1-10H3,(H,39,46)(H,40,48)(H,41,47)(H,42,45)/t26-,30-,31+/m0/s1. The van der Waals surface area contributed by atoms with Crippen molar-refractivity contribution in [1.29, 1.82) is 0 Å². The summed E-state index contributed by atoms with van der Waals surface area (Å²) in [7, 11) is -5.33. The fourth-order valence-electron chi connectivity index (χ4n) is 4.66. The van der Waals surface area contributed by atoms with E-state index in [0.29, 0.717) is 34.1 Å². The molecule has 0 heterocycles. The van der Waals surface area contributed by atoms with Gasteiger partial charge in [-0.3, -0.25) is 19.8 Å². The number of nitrogens with one attached hydrogen (secondary N) is 5. The summed E-state index contributed by atoms with van der Waals surface area (Å²) in [5, 5.41) is 7.86. The molecule has 2 rings (SSSR count). The number of unbranched alkanes of at least 4 members (excludes halogenated alkanes) is 1. The average Bonchev–Trinajstić information content (AvgIpc) is 3.06. The van der Waals surface area contributed by atoms with E-state index in [0.717, 1.165) is 0 Å². The van der Waals surface area contributed by atoms with Crippen LogP contribution in [0.4, 0.5) is 4.79 Å². The largest absolute Gasteiger partial charge is 0.544 e. The first-order valence-electron chi connectivity index (χ1n) is 18.1. The molecule has 15 nitrogen and oxygen atoms in total. The molecule has 7 N–H and O–H groups in total. The van der Waals surface area contributed by atoms with Crippen molar-refractivity contribution in [2.75, 3.05) is 13.6 Å². The number of carbonyl (C=O) groups is 4. The van der Waals surface area contributed by atoms with Gasteiger partial charge in [0.25, 0.3) is 16.1 Å². The molecule has 17 heteroatoms. The van der Waals surface area contributed by atoms with E-state index in [1.165, 1.54) is 14.0 Å². The predicted octanol–water partition coefficient (Wildman–Crippen LogP) is 3.62. The summed E-state index contributed by atoms with van der Waals surface area (Å²) in [6, 6.07) is 12.2. The molecule has 0 aliphatic rings. The summed E-state index contributed by atoms with van der Waals surface area (Å²) in [5.41, 5.74) is 8.69. The van der Waals surface area contributed by atoms with E-state index in [1.807, 2.05) is 0 Å². The zero-order valence-electron chi connectivity index (χ0n) is 33.4. The van der Waals surface area contributed by atoms with Crippen LogP contribution < -0.4 is 36.3 Å². The predicted molar refractivity (Wildman–Crippen MR) is 212 cm³/mol. The Kier molecular flexibility index (Phi) is 17.1. The molecule has 4 amide bonds. The minimum atomic E-state index is -4.62. The van der Waals surface area contributed by atoms with Crippen molar-refractivity contribution < 1.29 is 36.8 Å². The number of hydrogen-bond acceptors (Lipinski definition) is 9. The lowest BCUT2D eigenvalue weighted by molar-refractivity contribution is -0.129. The first-order chi connectivity index (χ1) is 24.9. The molecule has 2 aromatic carbocycles. The van der Waals surface area contributed by atoms with Crippen LogP contribution >= 0.6 is 0 Å². The van der Waals surface area contributed by atoms with Gasteiger partial charge in [0.2, 0.25) is 20.1 Å². The Morgan fingerprint density at radius 1 is 0.852 bits per heavy atom. The molecule has 0 spiro atoms. The number of amides is 4. The lowest BCUT2D eigenvalue weighted by Crippen LogP contribution is -2.59. The highest BCUT2D eigenvalue weighted by Crippen LogP contribution is 2.37. The Hall–Kier alpha value is -4.03. The first kappa shape index (κ1) is 46.1. The molecule has 0 unspecified atom stereocenters. The Morgan fingerprint density at radius 3 is 2.00 bits per heavy atom. The Balaban J connectivity index is 2.31. The van der Waals surface area contributed by atoms with Crippen molar-refractivity contribution in [3.63, 3.8) is 0 Å². The van der Waals surface area contributed by atoms with Crippen molar-refractivity contribution in [2.24, 2.45) is 5.73 Å².